The van der Waals surface area contributed by atoms with Crippen molar-refractivity contribution in [2.75, 3.05) is 42.7 Å². The minimum absolute atomic E-state index is 0.0233. The first kappa shape index (κ1) is 42.3. The first-order valence-corrected chi connectivity index (χ1v) is 18.8. The molecule has 6 aromatic carbocycles. The lowest BCUT2D eigenvalue weighted by Crippen LogP contribution is -2.21. The van der Waals surface area contributed by atoms with Gasteiger partial charge in [0.2, 0.25) is 23.0 Å². The zero-order valence-electron chi connectivity index (χ0n) is 34.2. The van der Waals surface area contributed by atoms with Crippen molar-refractivity contribution in [3.63, 3.8) is 0 Å². The Balaban J connectivity index is 1.39. The number of hydrogen-bond donors (Lipinski definition) is 0. The number of carbonyl (C=O) groups is 2. The van der Waals surface area contributed by atoms with Crippen molar-refractivity contribution in [1.29, 1.82) is 0 Å². The van der Waals surface area contributed by atoms with Crippen LogP contribution < -0.4 is 42.6 Å². The Hall–Kier alpha value is -7.34. The highest BCUT2D eigenvalue weighted by Gasteiger charge is 2.32. The highest BCUT2D eigenvalue weighted by Crippen LogP contribution is 2.45. The number of benzene rings is 6. The van der Waals surface area contributed by atoms with Crippen molar-refractivity contribution in [2.24, 2.45) is 0 Å². The summed E-state index contributed by atoms with van der Waals surface area (Å²) in [6.07, 6.45) is -1.57. The molecule has 0 aliphatic rings. The van der Waals surface area contributed by atoms with Crippen molar-refractivity contribution < 1.29 is 57.0 Å². The van der Waals surface area contributed by atoms with Gasteiger partial charge in [-0.25, -0.2) is 4.79 Å². The van der Waals surface area contributed by atoms with Gasteiger partial charge in [-0.05, 0) is 53.1 Å². The molecule has 0 fully saturated rings. The van der Waals surface area contributed by atoms with E-state index < -0.39 is 17.9 Å². The lowest BCUT2D eigenvalue weighted by Gasteiger charge is -2.22. The van der Waals surface area contributed by atoms with E-state index in [1.807, 2.05) is 91.0 Å². The summed E-state index contributed by atoms with van der Waals surface area (Å²) in [5.74, 6) is 0.685. The fourth-order valence-corrected chi connectivity index (χ4v) is 6.29. The van der Waals surface area contributed by atoms with Crippen molar-refractivity contribution in [3.05, 3.63) is 161 Å². The van der Waals surface area contributed by atoms with Gasteiger partial charge in [0.25, 0.3) is 0 Å². The Morgan fingerprint density at radius 2 is 0.717 bits per heavy atom. The summed E-state index contributed by atoms with van der Waals surface area (Å²) >= 11 is 0. The predicted molar refractivity (Wildman–Crippen MR) is 223 cm³/mol. The quantitative estimate of drug-likeness (QED) is 0.0539. The summed E-state index contributed by atoms with van der Waals surface area (Å²) < 4.78 is 58.8. The predicted octanol–water partition coefficient (Wildman–Crippen LogP) is 9.26. The van der Waals surface area contributed by atoms with Gasteiger partial charge in [-0.15, -0.1) is 0 Å². The molecule has 0 aliphatic heterocycles. The molecule has 0 N–H and O–H groups in total. The summed E-state index contributed by atoms with van der Waals surface area (Å²) in [7, 11) is 8.71. The second kappa shape index (κ2) is 20.4. The number of ketones is 1. The number of methoxy groups -OCH3 is 6. The third-order valence-electron chi connectivity index (χ3n) is 9.37. The third kappa shape index (κ3) is 10.0. The molecule has 12 nitrogen and oxygen atoms in total. The van der Waals surface area contributed by atoms with Crippen LogP contribution in [0.3, 0.4) is 0 Å². The van der Waals surface area contributed by atoms with Crippen LogP contribution in [-0.2, 0) is 24.6 Å². The minimum atomic E-state index is -1.57. The Labute approximate surface area is 349 Å². The van der Waals surface area contributed by atoms with E-state index in [0.717, 1.165) is 16.7 Å². The smallest absolute Gasteiger partial charge is 0.339 e. The summed E-state index contributed by atoms with van der Waals surface area (Å²) in [5, 5.41) is 0. The van der Waals surface area contributed by atoms with E-state index >= 15 is 0 Å². The summed E-state index contributed by atoms with van der Waals surface area (Å²) in [4.78, 5) is 29.1. The average molecular weight is 815 g/mol. The maximum atomic E-state index is 14.8. The van der Waals surface area contributed by atoms with Crippen LogP contribution in [0.2, 0.25) is 0 Å². The molecule has 6 aromatic rings. The van der Waals surface area contributed by atoms with E-state index in [2.05, 4.69) is 0 Å². The molecule has 1 atom stereocenters. The number of rotatable bonds is 20. The van der Waals surface area contributed by atoms with Crippen LogP contribution in [0.4, 0.5) is 0 Å². The van der Waals surface area contributed by atoms with Gasteiger partial charge < -0.3 is 47.4 Å². The van der Waals surface area contributed by atoms with Gasteiger partial charge in [0.15, 0.2) is 40.6 Å². The van der Waals surface area contributed by atoms with Gasteiger partial charge in [0.1, 0.15) is 19.8 Å². The van der Waals surface area contributed by atoms with Crippen LogP contribution in [-0.4, -0.2) is 54.4 Å². The fourth-order valence-electron chi connectivity index (χ4n) is 6.29. The van der Waals surface area contributed by atoms with Gasteiger partial charge in [-0.2, -0.15) is 0 Å². The van der Waals surface area contributed by atoms with Crippen LogP contribution in [0.5, 0.6) is 51.7 Å². The molecule has 0 saturated heterocycles. The highest BCUT2D eigenvalue weighted by atomic mass is 16.6. The number of ether oxygens (including phenoxy) is 10. The summed E-state index contributed by atoms with van der Waals surface area (Å²) in [6, 6.07) is 37.7. The number of carbonyl (C=O) groups excluding carboxylic acids is 2. The Bertz CT molecular complexity index is 2290. The molecule has 0 aromatic heterocycles. The number of Topliss-reactive ketones (excluding diaryl/α,β-unsaturated/α-hetero) is 1. The molecule has 0 amide bonds. The van der Waals surface area contributed by atoms with Gasteiger partial charge >= 0.3 is 5.97 Å². The molecule has 1 unspecified atom stereocenters. The molecule has 310 valence electrons. The van der Waals surface area contributed by atoms with Crippen LogP contribution >= 0.6 is 0 Å². The standard InChI is InChI=1S/C48H46O12/c1-51-37-22-34(23-38(52-2)45(37)57-28-31-16-10-7-11-17-31)43(49)44(35-24-39(53-3)46(40(25-35)54-4)58-29-32-18-12-8-13-19-32)60-48(50)36-26-41(55-5)47(42(27-36)56-6)59-30-33-20-14-9-15-21-33/h7-27,44H,28-30H2,1-6H3. The zero-order valence-corrected chi connectivity index (χ0v) is 34.2. The Kier molecular flexibility index (Phi) is 14.4. The van der Waals surface area contributed by atoms with Crippen molar-refractivity contribution in [3.8, 4) is 51.7 Å². The van der Waals surface area contributed by atoms with Gasteiger partial charge in [-0.1, -0.05) is 91.0 Å². The van der Waals surface area contributed by atoms with Crippen molar-refractivity contribution >= 4 is 11.8 Å². The molecule has 0 bridgehead atoms. The van der Waals surface area contributed by atoms with Gasteiger partial charge in [0, 0.05) is 11.1 Å². The Morgan fingerprint density at radius 1 is 0.417 bits per heavy atom. The van der Waals surface area contributed by atoms with Crippen LogP contribution in [0.25, 0.3) is 0 Å². The summed E-state index contributed by atoms with van der Waals surface area (Å²) in [5.41, 5.74) is 3.08. The molecule has 0 saturated carbocycles. The monoisotopic (exact) mass is 814 g/mol. The minimum Gasteiger partial charge on any atom is -0.493 e. The number of hydrogen-bond acceptors (Lipinski definition) is 12. The fraction of sp³-hybridized carbons (Fsp3) is 0.208. The highest BCUT2D eigenvalue weighted by molar-refractivity contribution is 6.03. The molecular weight excluding hydrogens is 769 g/mol. The van der Waals surface area contributed by atoms with E-state index in [-0.39, 0.29) is 88.3 Å². The van der Waals surface area contributed by atoms with Crippen molar-refractivity contribution in [1.82, 2.24) is 0 Å². The lowest BCUT2D eigenvalue weighted by molar-refractivity contribution is 0.0278. The first-order chi connectivity index (χ1) is 29.3. The maximum Gasteiger partial charge on any atom is 0.339 e. The zero-order chi connectivity index (χ0) is 42.4. The third-order valence-corrected chi connectivity index (χ3v) is 9.37. The molecular formula is C48H46O12. The van der Waals surface area contributed by atoms with Gasteiger partial charge in [-0.3, -0.25) is 4.79 Å². The lowest BCUT2D eigenvalue weighted by atomic mass is 9.98. The topological polar surface area (TPSA) is 126 Å². The molecule has 0 spiro atoms. The van der Waals surface area contributed by atoms with Crippen LogP contribution in [0.1, 0.15) is 49.1 Å². The largest absolute Gasteiger partial charge is 0.493 e. The van der Waals surface area contributed by atoms with E-state index in [4.69, 9.17) is 47.4 Å². The molecule has 6 rings (SSSR count). The van der Waals surface area contributed by atoms with Crippen molar-refractivity contribution in [2.45, 2.75) is 25.9 Å². The van der Waals surface area contributed by atoms with E-state index in [9.17, 15) is 9.59 Å². The molecule has 0 aliphatic carbocycles. The molecule has 0 radical (unpaired) electrons. The van der Waals surface area contributed by atoms with E-state index in [1.165, 1.54) is 66.9 Å². The molecule has 0 heterocycles. The average Bonchev–Trinajstić information content (AvgIpc) is 3.30. The SMILES string of the molecule is COc1cc(C(=O)OC(C(=O)c2cc(OC)c(OCc3ccccc3)c(OC)c2)c2cc(OC)c(OCc3ccccc3)c(OC)c2)cc(OC)c1OCc1ccccc1. The summed E-state index contributed by atoms with van der Waals surface area (Å²) in [6.45, 7) is 0.630. The second-order valence-corrected chi connectivity index (χ2v) is 13.1. The van der Waals surface area contributed by atoms with Gasteiger partial charge in [0.05, 0.1) is 48.2 Å². The number of esters is 1. The van der Waals surface area contributed by atoms with Crippen LogP contribution in [0, 0.1) is 0 Å². The van der Waals surface area contributed by atoms with E-state index in [0.29, 0.717) is 0 Å². The Morgan fingerprint density at radius 3 is 1.03 bits per heavy atom. The second-order valence-electron chi connectivity index (χ2n) is 13.1. The molecule has 60 heavy (non-hydrogen) atoms. The van der Waals surface area contributed by atoms with E-state index in [1.54, 1.807) is 12.1 Å². The normalized spacial score (nSPS) is 11.1. The first-order valence-electron chi connectivity index (χ1n) is 18.8. The molecule has 12 heteroatoms. The maximum absolute atomic E-state index is 14.8. The van der Waals surface area contributed by atoms with Crippen LogP contribution in [0.15, 0.2) is 127 Å².